The SMILES string of the molecule is Cn1cncc1[C@@H]1C[C@H](NC[C@@H]2CC=CCC2)CCO1. The van der Waals surface area contributed by atoms with Crippen molar-refractivity contribution in [1.82, 2.24) is 14.9 Å². The van der Waals surface area contributed by atoms with Gasteiger partial charge in [-0.05, 0) is 44.6 Å². The van der Waals surface area contributed by atoms with Crippen LogP contribution in [-0.2, 0) is 11.8 Å². The maximum absolute atomic E-state index is 5.91. The minimum Gasteiger partial charge on any atom is -0.372 e. The molecule has 1 aromatic heterocycles. The second kappa shape index (κ2) is 6.55. The normalized spacial score (nSPS) is 30.6. The van der Waals surface area contributed by atoms with E-state index in [9.17, 15) is 0 Å². The second-order valence-electron chi connectivity index (χ2n) is 6.07. The molecule has 0 spiro atoms. The summed E-state index contributed by atoms with van der Waals surface area (Å²) >= 11 is 0. The maximum Gasteiger partial charge on any atom is 0.100 e. The summed E-state index contributed by atoms with van der Waals surface area (Å²) in [5.74, 6) is 0.818. The van der Waals surface area contributed by atoms with Crippen molar-refractivity contribution in [2.75, 3.05) is 13.2 Å². The average molecular weight is 275 g/mol. The first-order valence-corrected chi connectivity index (χ1v) is 7.79. The van der Waals surface area contributed by atoms with Crippen LogP contribution >= 0.6 is 0 Å². The number of rotatable bonds is 4. The Hall–Kier alpha value is -1.13. The molecule has 3 rings (SSSR count). The van der Waals surface area contributed by atoms with Crippen LogP contribution in [0.4, 0.5) is 0 Å². The number of hydrogen-bond acceptors (Lipinski definition) is 3. The highest BCUT2D eigenvalue weighted by Gasteiger charge is 2.26. The Kier molecular flexibility index (Phi) is 4.53. The van der Waals surface area contributed by atoms with Gasteiger partial charge in [-0.1, -0.05) is 12.2 Å². The Bertz CT molecular complexity index is 454. The predicted molar refractivity (Wildman–Crippen MR) is 79.4 cm³/mol. The van der Waals surface area contributed by atoms with Gasteiger partial charge < -0.3 is 14.6 Å². The molecular weight excluding hydrogens is 250 g/mol. The molecule has 20 heavy (non-hydrogen) atoms. The first-order chi connectivity index (χ1) is 9.83. The highest BCUT2D eigenvalue weighted by atomic mass is 16.5. The number of nitrogens with one attached hydrogen (secondary N) is 1. The summed E-state index contributed by atoms with van der Waals surface area (Å²) < 4.78 is 7.98. The van der Waals surface area contributed by atoms with Crippen LogP contribution in [0.1, 0.15) is 43.9 Å². The van der Waals surface area contributed by atoms with Crippen molar-refractivity contribution in [3.05, 3.63) is 30.4 Å². The molecule has 1 aliphatic carbocycles. The Balaban J connectivity index is 1.50. The number of aromatic nitrogens is 2. The standard InChI is InChI=1S/C16H25N3O/c1-19-12-17-11-15(19)16-9-14(7-8-20-16)18-10-13-5-3-2-4-6-13/h2-3,11-14,16,18H,4-10H2,1H3/t13-,14-,16+/m1/s1. The maximum atomic E-state index is 5.91. The van der Waals surface area contributed by atoms with Crippen molar-refractivity contribution in [3.8, 4) is 0 Å². The molecule has 0 bridgehead atoms. The Morgan fingerprint density at radius 3 is 3.10 bits per heavy atom. The molecule has 1 N–H and O–H groups in total. The summed E-state index contributed by atoms with van der Waals surface area (Å²) in [5, 5.41) is 3.76. The fraction of sp³-hybridized carbons (Fsp3) is 0.688. The van der Waals surface area contributed by atoms with Gasteiger partial charge in [0.05, 0.1) is 18.2 Å². The van der Waals surface area contributed by atoms with Crippen LogP contribution in [0.25, 0.3) is 0 Å². The first kappa shape index (κ1) is 13.8. The van der Waals surface area contributed by atoms with Crippen LogP contribution in [0, 0.1) is 5.92 Å². The van der Waals surface area contributed by atoms with Crippen molar-refractivity contribution in [1.29, 1.82) is 0 Å². The molecule has 3 atom stereocenters. The van der Waals surface area contributed by atoms with E-state index >= 15 is 0 Å². The third-order valence-electron chi connectivity index (χ3n) is 4.54. The number of ether oxygens (including phenoxy) is 1. The van der Waals surface area contributed by atoms with Crippen LogP contribution < -0.4 is 5.32 Å². The molecule has 1 saturated heterocycles. The Morgan fingerprint density at radius 2 is 2.35 bits per heavy atom. The van der Waals surface area contributed by atoms with E-state index in [1.165, 1.54) is 25.0 Å². The summed E-state index contributed by atoms with van der Waals surface area (Å²) in [7, 11) is 2.04. The van der Waals surface area contributed by atoms with Gasteiger partial charge in [-0.15, -0.1) is 0 Å². The molecule has 0 amide bonds. The minimum absolute atomic E-state index is 0.194. The van der Waals surface area contributed by atoms with Crippen molar-refractivity contribution >= 4 is 0 Å². The fourth-order valence-corrected chi connectivity index (χ4v) is 3.24. The van der Waals surface area contributed by atoms with E-state index in [0.29, 0.717) is 6.04 Å². The van der Waals surface area contributed by atoms with E-state index in [1.54, 1.807) is 0 Å². The van der Waals surface area contributed by atoms with Gasteiger partial charge in [0.15, 0.2) is 0 Å². The molecule has 0 saturated carbocycles. The van der Waals surface area contributed by atoms with E-state index in [2.05, 4.69) is 27.0 Å². The van der Waals surface area contributed by atoms with Crippen LogP contribution in [0.2, 0.25) is 0 Å². The monoisotopic (exact) mass is 275 g/mol. The third kappa shape index (κ3) is 3.30. The molecule has 0 radical (unpaired) electrons. The summed E-state index contributed by atoms with van der Waals surface area (Å²) in [6, 6.07) is 0.578. The highest BCUT2D eigenvalue weighted by Crippen LogP contribution is 2.28. The molecular formula is C16H25N3O. The molecule has 0 unspecified atom stereocenters. The molecule has 4 nitrogen and oxygen atoms in total. The van der Waals surface area contributed by atoms with E-state index < -0.39 is 0 Å². The van der Waals surface area contributed by atoms with Crippen LogP contribution in [0.3, 0.4) is 0 Å². The lowest BCUT2D eigenvalue weighted by Crippen LogP contribution is -2.39. The lowest BCUT2D eigenvalue weighted by Gasteiger charge is -2.31. The fourth-order valence-electron chi connectivity index (χ4n) is 3.24. The van der Waals surface area contributed by atoms with E-state index in [1.807, 2.05) is 19.6 Å². The van der Waals surface area contributed by atoms with Crippen molar-refractivity contribution in [2.24, 2.45) is 13.0 Å². The number of allylic oxidation sites excluding steroid dienone is 2. The molecule has 2 heterocycles. The average Bonchev–Trinajstić information content (AvgIpc) is 2.93. The summed E-state index contributed by atoms with van der Waals surface area (Å²) in [5.41, 5.74) is 1.19. The zero-order chi connectivity index (χ0) is 13.8. The van der Waals surface area contributed by atoms with Gasteiger partial charge in [-0.3, -0.25) is 0 Å². The molecule has 1 aliphatic heterocycles. The van der Waals surface area contributed by atoms with Crippen LogP contribution in [0.15, 0.2) is 24.7 Å². The largest absolute Gasteiger partial charge is 0.372 e. The molecule has 4 heteroatoms. The predicted octanol–water partition coefficient (Wildman–Crippen LogP) is 2.59. The zero-order valence-electron chi connectivity index (χ0n) is 12.3. The number of aryl methyl sites for hydroxylation is 1. The molecule has 110 valence electrons. The zero-order valence-corrected chi connectivity index (χ0v) is 12.3. The number of imidazole rings is 1. The first-order valence-electron chi connectivity index (χ1n) is 7.79. The van der Waals surface area contributed by atoms with Crippen LogP contribution in [0.5, 0.6) is 0 Å². The van der Waals surface area contributed by atoms with Crippen molar-refractivity contribution in [3.63, 3.8) is 0 Å². The smallest absolute Gasteiger partial charge is 0.100 e. The third-order valence-corrected chi connectivity index (χ3v) is 4.54. The van der Waals surface area contributed by atoms with Crippen molar-refractivity contribution in [2.45, 2.75) is 44.2 Å². The van der Waals surface area contributed by atoms with Gasteiger partial charge in [0.1, 0.15) is 6.10 Å². The minimum atomic E-state index is 0.194. The lowest BCUT2D eigenvalue weighted by atomic mass is 9.93. The van der Waals surface area contributed by atoms with Gasteiger partial charge in [0, 0.05) is 19.7 Å². The van der Waals surface area contributed by atoms with Crippen molar-refractivity contribution < 1.29 is 4.74 Å². The topological polar surface area (TPSA) is 39.1 Å². The second-order valence-corrected chi connectivity index (χ2v) is 6.07. The molecule has 2 aliphatic rings. The molecule has 1 aromatic rings. The Labute approximate surface area is 121 Å². The van der Waals surface area contributed by atoms with Gasteiger partial charge in [-0.25, -0.2) is 4.98 Å². The number of hydrogen-bond donors (Lipinski definition) is 1. The highest BCUT2D eigenvalue weighted by molar-refractivity contribution is 5.04. The summed E-state index contributed by atoms with van der Waals surface area (Å²) in [6.45, 7) is 1.99. The van der Waals surface area contributed by atoms with E-state index in [4.69, 9.17) is 4.74 Å². The molecule has 0 aromatic carbocycles. The van der Waals surface area contributed by atoms with E-state index in [0.717, 1.165) is 31.9 Å². The summed E-state index contributed by atoms with van der Waals surface area (Å²) in [6.07, 6.45) is 14.6. The molecule has 1 fully saturated rings. The lowest BCUT2D eigenvalue weighted by molar-refractivity contribution is -0.00435. The van der Waals surface area contributed by atoms with Gasteiger partial charge in [0.2, 0.25) is 0 Å². The quantitative estimate of drug-likeness (QED) is 0.858. The number of nitrogens with zero attached hydrogens (tertiary/aromatic N) is 2. The Morgan fingerprint density at radius 1 is 1.40 bits per heavy atom. The summed E-state index contributed by atoms with van der Waals surface area (Å²) in [4.78, 5) is 4.20. The van der Waals surface area contributed by atoms with E-state index in [-0.39, 0.29) is 6.10 Å². The van der Waals surface area contributed by atoms with Crippen LogP contribution in [-0.4, -0.2) is 28.7 Å². The van der Waals surface area contributed by atoms with Gasteiger partial charge in [0.25, 0.3) is 0 Å². The van der Waals surface area contributed by atoms with Gasteiger partial charge >= 0.3 is 0 Å². The van der Waals surface area contributed by atoms with Gasteiger partial charge in [-0.2, -0.15) is 0 Å².